The first-order chi connectivity index (χ1) is 9.90. The lowest BCUT2D eigenvalue weighted by Gasteiger charge is -2.08. The molecule has 112 valence electrons. The molecular formula is C11H11BrN4O4S. The molecule has 10 heteroatoms. The average molecular weight is 375 g/mol. The lowest BCUT2D eigenvalue weighted by Crippen LogP contribution is -2.26. The molecule has 0 saturated carbocycles. The third-order valence-electron chi connectivity index (χ3n) is 2.59. The van der Waals surface area contributed by atoms with Gasteiger partial charge < -0.3 is 5.11 Å². The lowest BCUT2D eigenvalue weighted by atomic mass is 10.2. The van der Waals surface area contributed by atoms with E-state index in [1.54, 1.807) is 0 Å². The van der Waals surface area contributed by atoms with Crippen LogP contribution in [0.2, 0.25) is 0 Å². The Kier molecular flexibility index (Phi) is 4.70. The van der Waals surface area contributed by atoms with Gasteiger partial charge in [-0.25, -0.2) is 22.9 Å². The molecule has 0 aliphatic heterocycles. The fourth-order valence-corrected chi connectivity index (χ4v) is 3.69. The van der Waals surface area contributed by atoms with Gasteiger partial charge in [-0.2, -0.15) is 5.10 Å². The summed E-state index contributed by atoms with van der Waals surface area (Å²) in [4.78, 5) is 14.7. The maximum absolute atomic E-state index is 12.1. The molecule has 0 bridgehead atoms. The van der Waals surface area contributed by atoms with E-state index in [0.717, 1.165) is 0 Å². The second kappa shape index (κ2) is 6.33. The quantitative estimate of drug-likeness (QED) is 0.686. The highest BCUT2D eigenvalue weighted by atomic mass is 79.9. The first kappa shape index (κ1) is 15.6. The van der Waals surface area contributed by atoms with Gasteiger partial charge in [-0.1, -0.05) is 0 Å². The molecule has 2 aromatic rings. The zero-order valence-corrected chi connectivity index (χ0v) is 13.0. The van der Waals surface area contributed by atoms with E-state index >= 15 is 0 Å². The number of sulfonamides is 1. The number of carbonyl (C=O) groups is 1. The van der Waals surface area contributed by atoms with E-state index < -0.39 is 16.0 Å². The van der Waals surface area contributed by atoms with E-state index in [9.17, 15) is 13.2 Å². The maximum atomic E-state index is 12.1. The van der Waals surface area contributed by atoms with Crippen LogP contribution in [0.15, 0.2) is 33.9 Å². The number of hydrogen-bond acceptors (Lipinski definition) is 5. The number of aromatic amines is 1. The highest BCUT2D eigenvalue weighted by Crippen LogP contribution is 2.23. The topological polar surface area (TPSA) is 125 Å². The molecule has 1 heterocycles. The molecule has 1 aromatic carbocycles. The predicted octanol–water partition coefficient (Wildman–Crippen LogP) is 0.786. The van der Waals surface area contributed by atoms with E-state index in [1.807, 2.05) is 0 Å². The minimum atomic E-state index is -3.74. The van der Waals surface area contributed by atoms with Gasteiger partial charge in [-0.05, 0) is 34.1 Å². The molecule has 21 heavy (non-hydrogen) atoms. The Balaban J connectivity index is 2.10. The Bertz CT molecular complexity index is 746. The molecule has 0 spiro atoms. The van der Waals surface area contributed by atoms with E-state index in [0.29, 0.717) is 12.2 Å². The highest BCUT2D eigenvalue weighted by molar-refractivity contribution is 9.10. The van der Waals surface area contributed by atoms with Crippen molar-refractivity contribution in [3.05, 3.63) is 40.4 Å². The van der Waals surface area contributed by atoms with Gasteiger partial charge in [0.05, 0.1) is 10.5 Å². The summed E-state index contributed by atoms with van der Waals surface area (Å²) in [5.74, 6) is -0.559. The number of hydrogen-bond donors (Lipinski definition) is 3. The molecule has 0 radical (unpaired) electrons. The van der Waals surface area contributed by atoms with Crippen molar-refractivity contribution in [2.75, 3.05) is 6.54 Å². The first-order valence-electron chi connectivity index (χ1n) is 5.77. The standard InChI is InChI=1S/C11H11BrN4O4S/c12-8-5-7(11(17)18)1-2-9(8)21(19,20)15-4-3-10-13-6-14-16-10/h1-2,5-6,15H,3-4H2,(H,17,18)(H,13,14,16). The van der Waals surface area contributed by atoms with Gasteiger partial charge in [0.2, 0.25) is 10.0 Å². The van der Waals surface area contributed by atoms with Crippen LogP contribution in [0.25, 0.3) is 0 Å². The Morgan fingerprint density at radius 2 is 2.19 bits per heavy atom. The minimum absolute atomic E-state index is 0.00230. The van der Waals surface area contributed by atoms with Crippen molar-refractivity contribution < 1.29 is 18.3 Å². The molecular weight excluding hydrogens is 364 g/mol. The van der Waals surface area contributed by atoms with Gasteiger partial charge in [0.25, 0.3) is 0 Å². The van der Waals surface area contributed by atoms with Gasteiger partial charge in [0.1, 0.15) is 12.2 Å². The molecule has 2 rings (SSSR count). The van der Waals surface area contributed by atoms with E-state index in [-0.39, 0.29) is 21.5 Å². The number of nitrogens with one attached hydrogen (secondary N) is 2. The lowest BCUT2D eigenvalue weighted by molar-refractivity contribution is 0.0696. The summed E-state index contributed by atoms with van der Waals surface area (Å²) in [7, 11) is -3.74. The van der Waals surface area contributed by atoms with Crippen LogP contribution < -0.4 is 4.72 Å². The van der Waals surface area contributed by atoms with Crippen LogP contribution in [0.5, 0.6) is 0 Å². The largest absolute Gasteiger partial charge is 0.478 e. The second-order valence-corrected chi connectivity index (χ2v) is 6.62. The molecule has 0 fully saturated rings. The highest BCUT2D eigenvalue weighted by Gasteiger charge is 2.18. The summed E-state index contributed by atoms with van der Waals surface area (Å²) >= 11 is 3.07. The van der Waals surface area contributed by atoms with Crippen molar-refractivity contribution in [2.45, 2.75) is 11.3 Å². The van der Waals surface area contributed by atoms with E-state index in [1.165, 1.54) is 24.5 Å². The minimum Gasteiger partial charge on any atom is -0.478 e. The Hall–Kier alpha value is -1.78. The van der Waals surface area contributed by atoms with E-state index in [2.05, 4.69) is 35.8 Å². The molecule has 0 saturated heterocycles. The van der Waals surface area contributed by atoms with Crippen LogP contribution in [-0.2, 0) is 16.4 Å². The van der Waals surface area contributed by atoms with Crippen molar-refractivity contribution >= 4 is 31.9 Å². The van der Waals surface area contributed by atoms with Gasteiger partial charge in [0.15, 0.2) is 0 Å². The van der Waals surface area contributed by atoms with Crippen molar-refractivity contribution in [1.29, 1.82) is 0 Å². The summed E-state index contributed by atoms with van der Waals surface area (Å²) in [6.45, 7) is 0.144. The molecule has 0 amide bonds. The summed E-state index contributed by atoms with van der Waals surface area (Å²) in [6, 6.07) is 3.72. The third kappa shape index (κ3) is 3.86. The number of carboxylic acids is 1. The van der Waals surface area contributed by atoms with Crippen LogP contribution in [0.4, 0.5) is 0 Å². The Morgan fingerprint density at radius 1 is 1.43 bits per heavy atom. The van der Waals surface area contributed by atoms with Crippen molar-refractivity contribution in [3.63, 3.8) is 0 Å². The van der Waals surface area contributed by atoms with Crippen molar-refractivity contribution in [2.24, 2.45) is 0 Å². The summed E-state index contributed by atoms with van der Waals surface area (Å²) < 4.78 is 26.9. The third-order valence-corrected chi connectivity index (χ3v) is 5.02. The number of rotatable bonds is 6. The average Bonchev–Trinajstić information content (AvgIpc) is 2.91. The normalized spacial score (nSPS) is 11.5. The van der Waals surface area contributed by atoms with Crippen molar-refractivity contribution in [3.8, 4) is 0 Å². The number of benzene rings is 1. The van der Waals surface area contributed by atoms with Gasteiger partial charge in [-0.15, -0.1) is 0 Å². The monoisotopic (exact) mass is 374 g/mol. The van der Waals surface area contributed by atoms with Crippen LogP contribution in [-0.4, -0.2) is 41.2 Å². The fraction of sp³-hybridized carbons (Fsp3) is 0.182. The van der Waals surface area contributed by atoms with Crippen molar-refractivity contribution in [1.82, 2.24) is 19.9 Å². The smallest absolute Gasteiger partial charge is 0.335 e. The summed E-state index contributed by atoms with van der Waals surface area (Å²) in [5.41, 5.74) is 0.00230. The molecule has 1 aromatic heterocycles. The molecule has 8 nitrogen and oxygen atoms in total. The zero-order chi connectivity index (χ0) is 15.5. The maximum Gasteiger partial charge on any atom is 0.335 e. The molecule has 0 aliphatic carbocycles. The number of carboxylic acid groups (broad SMARTS) is 1. The Labute approximate surface area is 128 Å². The first-order valence-corrected chi connectivity index (χ1v) is 8.04. The van der Waals surface area contributed by atoms with Crippen LogP contribution in [0, 0.1) is 0 Å². The van der Waals surface area contributed by atoms with Gasteiger partial charge in [0, 0.05) is 17.4 Å². The molecule has 0 unspecified atom stereocenters. The molecule has 3 N–H and O–H groups in total. The van der Waals surface area contributed by atoms with E-state index in [4.69, 9.17) is 5.11 Å². The number of halogens is 1. The number of aromatic nitrogens is 3. The summed E-state index contributed by atoms with van der Waals surface area (Å²) in [5, 5.41) is 15.1. The van der Waals surface area contributed by atoms with Gasteiger partial charge in [-0.3, -0.25) is 5.10 Å². The Morgan fingerprint density at radius 3 is 2.76 bits per heavy atom. The predicted molar refractivity (Wildman–Crippen MR) is 76.4 cm³/mol. The number of nitrogens with zero attached hydrogens (tertiary/aromatic N) is 2. The molecule has 0 atom stereocenters. The molecule has 0 aliphatic rings. The SMILES string of the molecule is O=C(O)c1ccc(S(=O)(=O)NCCc2ncn[nH]2)c(Br)c1. The van der Waals surface area contributed by atoms with Crippen LogP contribution in [0.1, 0.15) is 16.2 Å². The second-order valence-electron chi connectivity index (χ2n) is 4.03. The zero-order valence-electron chi connectivity index (χ0n) is 10.6. The number of H-pyrrole nitrogens is 1. The van der Waals surface area contributed by atoms with Crippen LogP contribution in [0.3, 0.4) is 0 Å². The van der Waals surface area contributed by atoms with Gasteiger partial charge >= 0.3 is 5.97 Å². The fourth-order valence-electron chi connectivity index (χ4n) is 1.58. The van der Waals surface area contributed by atoms with Crippen LogP contribution >= 0.6 is 15.9 Å². The summed E-state index contributed by atoms with van der Waals surface area (Å²) in [6.07, 6.45) is 1.70. The number of aromatic carboxylic acids is 1.